The van der Waals surface area contributed by atoms with E-state index in [4.69, 9.17) is 0 Å². The Kier molecular flexibility index (Phi) is 4.63. The summed E-state index contributed by atoms with van der Waals surface area (Å²) in [6.45, 7) is 0.127. The van der Waals surface area contributed by atoms with Crippen molar-refractivity contribution in [3.8, 4) is 11.5 Å². The zero-order valence-electron chi connectivity index (χ0n) is 14.2. The quantitative estimate of drug-likeness (QED) is 0.616. The number of carbonyl (C=O) groups is 1. The van der Waals surface area contributed by atoms with Crippen LogP contribution >= 0.6 is 0 Å². The Balaban J connectivity index is 2.18. The number of hydrogen-bond donors (Lipinski definition) is 3. The van der Waals surface area contributed by atoms with Gasteiger partial charge < -0.3 is 14.8 Å². The summed E-state index contributed by atoms with van der Waals surface area (Å²) in [5, 5.41) is 19.5. The Morgan fingerprint density at radius 2 is 1.74 bits per heavy atom. The molecule has 1 amide bonds. The van der Waals surface area contributed by atoms with Gasteiger partial charge in [0, 0.05) is 24.2 Å². The van der Waals surface area contributed by atoms with Gasteiger partial charge in [-0.05, 0) is 29.8 Å². The van der Waals surface area contributed by atoms with Gasteiger partial charge in [0.05, 0.1) is 11.8 Å². The van der Waals surface area contributed by atoms with Crippen LogP contribution in [-0.4, -0.2) is 35.4 Å². The summed E-state index contributed by atoms with van der Waals surface area (Å²) in [6, 6.07) is 10.6. The molecular formula is C18H16N2O6S. The number of pyridine rings is 1. The molecule has 1 aromatic heterocycles. The molecule has 140 valence electrons. The number of rotatable bonds is 4. The Morgan fingerprint density at radius 3 is 2.37 bits per heavy atom. The van der Waals surface area contributed by atoms with E-state index in [1.807, 2.05) is 0 Å². The van der Waals surface area contributed by atoms with Crippen LogP contribution in [0.15, 0.2) is 53.5 Å². The first-order valence-electron chi connectivity index (χ1n) is 7.80. The Labute approximate surface area is 154 Å². The maximum Gasteiger partial charge on any atom is 0.270 e. The SMILES string of the molecule is CS(=O)(=O)NC(=O)c1cn(Cc2cc(O)cc(O)c2)c2ccccc2c1=O. The summed E-state index contributed by atoms with van der Waals surface area (Å²) in [5.41, 5.74) is 0.113. The fourth-order valence-electron chi connectivity index (χ4n) is 2.81. The molecule has 0 fully saturated rings. The molecule has 0 radical (unpaired) electrons. The summed E-state index contributed by atoms with van der Waals surface area (Å²) >= 11 is 0. The molecule has 0 atom stereocenters. The van der Waals surface area contributed by atoms with E-state index in [-0.39, 0.29) is 29.0 Å². The van der Waals surface area contributed by atoms with E-state index in [9.17, 15) is 28.2 Å². The van der Waals surface area contributed by atoms with Crippen molar-refractivity contribution in [2.24, 2.45) is 0 Å². The summed E-state index contributed by atoms with van der Waals surface area (Å²) in [4.78, 5) is 24.9. The van der Waals surface area contributed by atoms with E-state index in [0.29, 0.717) is 11.1 Å². The van der Waals surface area contributed by atoms with Crippen molar-refractivity contribution in [1.82, 2.24) is 9.29 Å². The van der Waals surface area contributed by atoms with Gasteiger partial charge in [0.1, 0.15) is 17.1 Å². The normalized spacial score (nSPS) is 11.4. The average Bonchev–Trinajstić information content (AvgIpc) is 2.55. The van der Waals surface area contributed by atoms with Crippen molar-refractivity contribution in [1.29, 1.82) is 0 Å². The molecule has 0 bridgehead atoms. The third-order valence-corrected chi connectivity index (χ3v) is 4.38. The second kappa shape index (κ2) is 6.76. The van der Waals surface area contributed by atoms with Crippen LogP contribution in [0.5, 0.6) is 11.5 Å². The molecule has 0 unspecified atom stereocenters. The van der Waals surface area contributed by atoms with E-state index < -0.39 is 21.4 Å². The molecule has 27 heavy (non-hydrogen) atoms. The molecule has 8 nitrogen and oxygen atoms in total. The number of amides is 1. The molecule has 0 aliphatic carbocycles. The predicted octanol–water partition coefficient (Wildman–Crippen LogP) is 1.15. The molecule has 0 spiro atoms. The number of carbonyl (C=O) groups excluding carboxylic acids is 1. The predicted molar refractivity (Wildman–Crippen MR) is 99.4 cm³/mol. The van der Waals surface area contributed by atoms with Crippen molar-refractivity contribution in [3.05, 3.63) is 70.0 Å². The Morgan fingerprint density at radius 1 is 1.11 bits per heavy atom. The molecule has 1 heterocycles. The maximum atomic E-state index is 12.6. The molecule has 2 aromatic carbocycles. The molecule has 3 N–H and O–H groups in total. The highest BCUT2D eigenvalue weighted by atomic mass is 32.2. The second-order valence-electron chi connectivity index (χ2n) is 6.08. The number of aromatic nitrogens is 1. The molecule has 0 aliphatic rings. The third kappa shape index (κ3) is 4.09. The minimum absolute atomic E-state index is 0.127. The number of sulfonamides is 1. The first-order chi connectivity index (χ1) is 12.6. The number of fused-ring (bicyclic) bond motifs is 1. The summed E-state index contributed by atoms with van der Waals surface area (Å²) in [7, 11) is -3.84. The van der Waals surface area contributed by atoms with Crippen LogP contribution in [0.25, 0.3) is 10.9 Å². The van der Waals surface area contributed by atoms with Crippen LogP contribution < -0.4 is 10.2 Å². The Hall–Kier alpha value is -3.33. The van der Waals surface area contributed by atoms with E-state index in [0.717, 1.165) is 6.26 Å². The van der Waals surface area contributed by atoms with Crippen LogP contribution in [0.4, 0.5) is 0 Å². The number of para-hydroxylation sites is 1. The van der Waals surface area contributed by atoms with Gasteiger partial charge >= 0.3 is 0 Å². The highest BCUT2D eigenvalue weighted by Crippen LogP contribution is 2.22. The zero-order valence-corrected chi connectivity index (χ0v) is 15.0. The van der Waals surface area contributed by atoms with Gasteiger partial charge in [-0.15, -0.1) is 0 Å². The van der Waals surface area contributed by atoms with Crippen molar-refractivity contribution in [3.63, 3.8) is 0 Å². The number of nitrogens with zero attached hydrogens (tertiary/aromatic N) is 1. The lowest BCUT2D eigenvalue weighted by atomic mass is 10.1. The van der Waals surface area contributed by atoms with Crippen molar-refractivity contribution in [2.45, 2.75) is 6.54 Å². The lowest BCUT2D eigenvalue weighted by Crippen LogP contribution is -2.33. The van der Waals surface area contributed by atoms with Crippen LogP contribution in [0.2, 0.25) is 0 Å². The number of phenolic OH excluding ortho intramolecular Hbond substituents is 2. The van der Waals surface area contributed by atoms with Gasteiger partial charge in [-0.25, -0.2) is 13.1 Å². The van der Waals surface area contributed by atoms with E-state index in [1.165, 1.54) is 30.5 Å². The van der Waals surface area contributed by atoms with E-state index >= 15 is 0 Å². The van der Waals surface area contributed by atoms with Gasteiger partial charge in [-0.1, -0.05) is 12.1 Å². The number of aromatic hydroxyl groups is 2. The summed E-state index contributed by atoms with van der Waals surface area (Å²) in [5.74, 6) is -1.29. The van der Waals surface area contributed by atoms with Gasteiger partial charge in [-0.2, -0.15) is 0 Å². The van der Waals surface area contributed by atoms with Crippen LogP contribution in [0.1, 0.15) is 15.9 Å². The molecule has 9 heteroatoms. The molecule has 0 saturated heterocycles. The fourth-order valence-corrected chi connectivity index (χ4v) is 3.25. The van der Waals surface area contributed by atoms with E-state index in [1.54, 1.807) is 27.5 Å². The lowest BCUT2D eigenvalue weighted by Gasteiger charge is -2.14. The van der Waals surface area contributed by atoms with Crippen LogP contribution in [-0.2, 0) is 16.6 Å². The fraction of sp³-hybridized carbons (Fsp3) is 0.111. The molecular weight excluding hydrogens is 372 g/mol. The van der Waals surface area contributed by atoms with Gasteiger partial charge in [0.2, 0.25) is 15.5 Å². The minimum Gasteiger partial charge on any atom is -0.508 e. The lowest BCUT2D eigenvalue weighted by molar-refractivity contribution is 0.0980. The second-order valence-corrected chi connectivity index (χ2v) is 7.83. The largest absolute Gasteiger partial charge is 0.508 e. The van der Waals surface area contributed by atoms with Crippen LogP contribution in [0, 0.1) is 0 Å². The first-order valence-corrected chi connectivity index (χ1v) is 9.69. The molecule has 0 saturated carbocycles. The number of nitrogens with one attached hydrogen (secondary N) is 1. The van der Waals surface area contributed by atoms with Crippen LogP contribution in [0.3, 0.4) is 0 Å². The van der Waals surface area contributed by atoms with Gasteiger partial charge in [0.25, 0.3) is 5.91 Å². The van der Waals surface area contributed by atoms with Crippen molar-refractivity contribution >= 4 is 26.8 Å². The topological polar surface area (TPSA) is 126 Å². The van der Waals surface area contributed by atoms with Gasteiger partial charge in [-0.3, -0.25) is 9.59 Å². The number of hydrogen-bond acceptors (Lipinski definition) is 6. The highest BCUT2D eigenvalue weighted by molar-refractivity contribution is 7.89. The molecule has 3 rings (SSSR count). The number of benzene rings is 2. The monoisotopic (exact) mass is 388 g/mol. The summed E-state index contributed by atoms with van der Waals surface area (Å²) in [6.07, 6.45) is 2.08. The summed E-state index contributed by atoms with van der Waals surface area (Å²) < 4.78 is 26.1. The molecule has 0 aliphatic heterocycles. The highest BCUT2D eigenvalue weighted by Gasteiger charge is 2.18. The molecule has 3 aromatic rings. The van der Waals surface area contributed by atoms with E-state index in [2.05, 4.69) is 0 Å². The smallest absolute Gasteiger partial charge is 0.270 e. The van der Waals surface area contributed by atoms with Crippen molar-refractivity contribution < 1.29 is 23.4 Å². The standard InChI is InChI=1S/C18H16N2O6S/c1-27(25,26)19-18(24)15-10-20(9-11-6-12(21)8-13(22)7-11)16-5-3-2-4-14(16)17(15)23/h2-8,10,21-22H,9H2,1H3,(H,19,24). The first kappa shape index (κ1) is 18.5. The average molecular weight is 388 g/mol. The maximum absolute atomic E-state index is 12.6. The number of phenols is 2. The van der Waals surface area contributed by atoms with Gasteiger partial charge in [0.15, 0.2) is 0 Å². The van der Waals surface area contributed by atoms with Crippen molar-refractivity contribution in [2.75, 3.05) is 6.26 Å². The Bertz CT molecular complexity index is 1190. The minimum atomic E-state index is -3.84. The zero-order chi connectivity index (χ0) is 19.8. The third-order valence-electron chi connectivity index (χ3n) is 3.83.